The number of hydrogen-bond donors (Lipinski definition) is 3. The van der Waals surface area contributed by atoms with Crippen molar-refractivity contribution in [2.75, 3.05) is 36.4 Å². The van der Waals surface area contributed by atoms with Crippen molar-refractivity contribution >= 4 is 35.1 Å². The Bertz CT molecular complexity index is 1550. The maximum atomic E-state index is 13.3. The van der Waals surface area contributed by atoms with Crippen molar-refractivity contribution in [3.8, 4) is 6.07 Å². The highest BCUT2D eigenvalue weighted by molar-refractivity contribution is 6.01. The number of anilines is 2. The number of amides is 3. The van der Waals surface area contributed by atoms with Crippen LogP contribution in [0.5, 0.6) is 0 Å². The normalized spacial score (nSPS) is 15.5. The van der Waals surface area contributed by atoms with E-state index in [2.05, 4.69) is 26.6 Å². The van der Waals surface area contributed by atoms with Crippen LogP contribution in [-0.4, -0.2) is 64.9 Å². The molecule has 1 atom stereocenters. The van der Waals surface area contributed by atoms with Gasteiger partial charge < -0.3 is 25.5 Å². The van der Waals surface area contributed by atoms with Gasteiger partial charge in [-0.3, -0.25) is 24.2 Å². The third kappa shape index (κ3) is 7.35. The van der Waals surface area contributed by atoms with Crippen LogP contribution in [0.2, 0.25) is 0 Å². The standard InChI is InChI=1S/C32H32N6O5/c33-19-21-4-6-23(7-5-21)32(43)38-14-2-13-37(15-16-38)28-11-10-24(17-27(28)36-30(41)22-8-9-22)31(42)35-26(18-29(39)40)25-3-1-12-34-20-25/h1,3-7,10-12,17,20,22,26H,2,8-9,13-16,18H2,(H,35,42)(H,36,41)(H,39,40). The Morgan fingerprint density at radius 3 is 2.44 bits per heavy atom. The number of carboxylic acid groups (broad SMARTS) is 1. The first-order chi connectivity index (χ1) is 20.8. The summed E-state index contributed by atoms with van der Waals surface area (Å²) in [6.45, 7) is 2.16. The number of aromatic nitrogens is 1. The van der Waals surface area contributed by atoms with E-state index in [9.17, 15) is 24.3 Å². The van der Waals surface area contributed by atoms with Gasteiger partial charge in [-0.15, -0.1) is 0 Å². The summed E-state index contributed by atoms with van der Waals surface area (Å²) in [5.41, 5.74) is 3.10. The molecule has 0 bridgehead atoms. The highest BCUT2D eigenvalue weighted by Gasteiger charge is 2.31. The fourth-order valence-electron chi connectivity index (χ4n) is 5.12. The van der Waals surface area contributed by atoms with E-state index < -0.39 is 17.9 Å². The van der Waals surface area contributed by atoms with E-state index in [-0.39, 0.29) is 29.7 Å². The van der Waals surface area contributed by atoms with Crippen molar-refractivity contribution < 1.29 is 24.3 Å². The summed E-state index contributed by atoms with van der Waals surface area (Å²) in [5, 5.41) is 24.3. The van der Waals surface area contributed by atoms with Crippen molar-refractivity contribution in [3.05, 3.63) is 89.2 Å². The molecule has 220 valence electrons. The molecule has 1 unspecified atom stereocenters. The molecule has 2 aromatic carbocycles. The molecule has 43 heavy (non-hydrogen) atoms. The van der Waals surface area contributed by atoms with Gasteiger partial charge in [0.05, 0.1) is 35.5 Å². The number of carbonyl (C=O) groups is 4. The summed E-state index contributed by atoms with van der Waals surface area (Å²) in [5.74, 6) is -1.80. The summed E-state index contributed by atoms with van der Waals surface area (Å²) in [7, 11) is 0. The molecule has 1 aliphatic heterocycles. The van der Waals surface area contributed by atoms with Crippen LogP contribution in [0, 0.1) is 17.2 Å². The first-order valence-electron chi connectivity index (χ1n) is 14.2. The first kappa shape index (κ1) is 29.3. The van der Waals surface area contributed by atoms with E-state index in [1.165, 1.54) is 6.20 Å². The van der Waals surface area contributed by atoms with Gasteiger partial charge in [0.2, 0.25) is 5.91 Å². The van der Waals surface area contributed by atoms with E-state index in [0.29, 0.717) is 55.0 Å². The lowest BCUT2D eigenvalue weighted by molar-refractivity contribution is -0.137. The Labute approximate surface area is 249 Å². The lowest BCUT2D eigenvalue weighted by Gasteiger charge is -2.27. The molecule has 11 heteroatoms. The number of nitriles is 1. The molecule has 5 rings (SSSR count). The minimum Gasteiger partial charge on any atom is -0.481 e. The highest BCUT2D eigenvalue weighted by atomic mass is 16.4. The van der Waals surface area contributed by atoms with Gasteiger partial charge in [0.15, 0.2) is 0 Å². The number of nitrogens with zero attached hydrogens (tertiary/aromatic N) is 4. The number of benzene rings is 2. The maximum absolute atomic E-state index is 13.3. The topological polar surface area (TPSA) is 156 Å². The molecule has 1 aliphatic carbocycles. The lowest BCUT2D eigenvalue weighted by atomic mass is 10.0. The number of hydrogen-bond acceptors (Lipinski definition) is 7. The molecule has 2 heterocycles. The molecule has 0 radical (unpaired) electrons. The predicted molar refractivity (Wildman–Crippen MR) is 158 cm³/mol. The van der Waals surface area contributed by atoms with E-state index in [0.717, 1.165) is 18.5 Å². The molecular formula is C32H32N6O5. The second-order valence-electron chi connectivity index (χ2n) is 10.7. The summed E-state index contributed by atoms with van der Waals surface area (Å²) in [6, 6.07) is 16.3. The molecule has 1 saturated heterocycles. The highest BCUT2D eigenvalue weighted by Crippen LogP contribution is 2.34. The van der Waals surface area contributed by atoms with Crippen LogP contribution in [0.25, 0.3) is 0 Å². The molecule has 3 amide bonds. The van der Waals surface area contributed by atoms with E-state index in [1.54, 1.807) is 65.7 Å². The fraction of sp³-hybridized carbons (Fsp3) is 0.312. The van der Waals surface area contributed by atoms with Gasteiger partial charge in [-0.05, 0) is 73.4 Å². The molecule has 3 aromatic rings. The van der Waals surface area contributed by atoms with Crippen molar-refractivity contribution in [2.45, 2.75) is 31.7 Å². The quantitative estimate of drug-likeness (QED) is 0.347. The second kappa shape index (κ2) is 13.2. The van der Waals surface area contributed by atoms with Crippen LogP contribution < -0.4 is 15.5 Å². The Hall–Kier alpha value is -5.24. The van der Waals surface area contributed by atoms with E-state index in [1.807, 2.05) is 0 Å². The van der Waals surface area contributed by atoms with E-state index >= 15 is 0 Å². The zero-order chi connectivity index (χ0) is 30.3. The molecular weight excluding hydrogens is 548 g/mol. The number of carboxylic acids is 1. The molecule has 0 spiro atoms. The average molecular weight is 581 g/mol. The van der Waals surface area contributed by atoms with Crippen LogP contribution in [0.1, 0.15) is 63.6 Å². The average Bonchev–Trinajstić information content (AvgIpc) is 3.89. The Morgan fingerprint density at radius 1 is 1.00 bits per heavy atom. The van der Waals surface area contributed by atoms with E-state index in [4.69, 9.17) is 5.26 Å². The minimum absolute atomic E-state index is 0.0551. The minimum atomic E-state index is -1.06. The van der Waals surface area contributed by atoms with Crippen molar-refractivity contribution in [2.24, 2.45) is 5.92 Å². The molecule has 3 N–H and O–H groups in total. The number of nitrogens with one attached hydrogen (secondary N) is 2. The van der Waals surface area contributed by atoms with Gasteiger partial charge >= 0.3 is 5.97 Å². The van der Waals surface area contributed by atoms with Crippen LogP contribution >= 0.6 is 0 Å². The third-order valence-electron chi connectivity index (χ3n) is 7.62. The Balaban J connectivity index is 1.34. The summed E-state index contributed by atoms with van der Waals surface area (Å²) in [6.07, 6.45) is 5.11. The zero-order valence-electron chi connectivity index (χ0n) is 23.5. The fourth-order valence-corrected chi connectivity index (χ4v) is 5.12. The number of rotatable bonds is 9. The van der Waals surface area contributed by atoms with Crippen molar-refractivity contribution in [1.82, 2.24) is 15.2 Å². The Kier molecular flexibility index (Phi) is 8.96. The molecule has 2 aliphatic rings. The van der Waals surface area contributed by atoms with Gasteiger partial charge in [0.25, 0.3) is 11.8 Å². The van der Waals surface area contributed by atoms with Gasteiger partial charge in [0, 0.05) is 55.6 Å². The van der Waals surface area contributed by atoms with Gasteiger partial charge in [-0.2, -0.15) is 5.26 Å². The predicted octanol–water partition coefficient (Wildman–Crippen LogP) is 3.60. The van der Waals surface area contributed by atoms with Crippen LogP contribution in [0.4, 0.5) is 11.4 Å². The monoisotopic (exact) mass is 580 g/mol. The van der Waals surface area contributed by atoms with Gasteiger partial charge in [-0.1, -0.05) is 6.07 Å². The largest absolute Gasteiger partial charge is 0.481 e. The number of carbonyl (C=O) groups excluding carboxylic acids is 3. The van der Waals surface area contributed by atoms with Crippen molar-refractivity contribution in [1.29, 1.82) is 5.26 Å². The first-order valence-corrected chi connectivity index (χ1v) is 14.2. The zero-order valence-corrected chi connectivity index (χ0v) is 23.5. The van der Waals surface area contributed by atoms with Crippen LogP contribution in [0.15, 0.2) is 67.0 Å². The summed E-state index contributed by atoms with van der Waals surface area (Å²) < 4.78 is 0. The van der Waals surface area contributed by atoms with Crippen molar-refractivity contribution in [3.63, 3.8) is 0 Å². The van der Waals surface area contributed by atoms with Gasteiger partial charge in [-0.25, -0.2) is 0 Å². The third-order valence-corrected chi connectivity index (χ3v) is 7.62. The second-order valence-corrected chi connectivity index (χ2v) is 10.7. The smallest absolute Gasteiger partial charge is 0.305 e. The molecule has 1 saturated carbocycles. The SMILES string of the molecule is N#Cc1ccc(C(=O)N2CCCN(c3ccc(C(=O)NC(CC(=O)O)c4cccnc4)cc3NC(=O)C3CC3)CC2)cc1. The number of aliphatic carboxylic acids is 1. The lowest BCUT2D eigenvalue weighted by Crippen LogP contribution is -2.35. The molecule has 11 nitrogen and oxygen atoms in total. The number of pyridine rings is 1. The maximum Gasteiger partial charge on any atom is 0.305 e. The van der Waals surface area contributed by atoms with Gasteiger partial charge in [0.1, 0.15) is 0 Å². The van der Waals surface area contributed by atoms with Crippen LogP contribution in [-0.2, 0) is 9.59 Å². The Morgan fingerprint density at radius 2 is 1.77 bits per heavy atom. The summed E-state index contributed by atoms with van der Waals surface area (Å²) >= 11 is 0. The molecule has 2 fully saturated rings. The summed E-state index contributed by atoms with van der Waals surface area (Å²) in [4.78, 5) is 58.7. The van der Waals surface area contributed by atoms with Crippen LogP contribution in [0.3, 0.4) is 0 Å². The molecule has 1 aromatic heterocycles.